The highest BCUT2D eigenvalue weighted by atomic mass is 16.2. The van der Waals surface area contributed by atoms with Gasteiger partial charge in [0.05, 0.1) is 0 Å². The van der Waals surface area contributed by atoms with E-state index in [2.05, 4.69) is 46.4 Å². The number of carbonyl (C=O) groups excluding carboxylic acids is 1. The van der Waals surface area contributed by atoms with Crippen LogP contribution in [0.5, 0.6) is 0 Å². The summed E-state index contributed by atoms with van der Waals surface area (Å²) in [6.07, 6.45) is 3.11. The van der Waals surface area contributed by atoms with Gasteiger partial charge in [-0.25, -0.2) is 0 Å². The summed E-state index contributed by atoms with van der Waals surface area (Å²) >= 11 is 0. The molecule has 5 nitrogen and oxygen atoms in total. The summed E-state index contributed by atoms with van der Waals surface area (Å²) < 4.78 is 0. The van der Waals surface area contributed by atoms with Gasteiger partial charge in [0, 0.05) is 18.5 Å². The topological polar surface area (TPSA) is 58.1 Å². The van der Waals surface area contributed by atoms with E-state index in [4.69, 9.17) is 0 Å². The van der Waals surface area contributed by atoms with Gasteiger partial charge in [0.25, 0.3) is 0 Å². The smallest absolute Gasteiger partial charge is 0.228 e. The van der Waals surface area contributed by atoms with Crippen molar-refractivity contribution < 1.29 is 4.79 Å². The van der Waals surface area contributed by atoms with E-state index in [0.29, 0.717) is 11.9 Å². The number of nitrogens with zero attached hydrogens (tertiary/aromatic N) is 3. The van der Waals surface area contributed by atoms with Crippen molar-refractivity contribution >= 4 is 17.5 Å². The zero-order chi connectivity index (χ0) is 16.9. The summed E-state index contributed by atoms with van der Waals surface area (Å²) in [5.74, 6) is 1.56. The van der Waals surface area contributed by atoms with Crippen LogP contribution in [0.15, 0.2) is 42.5 Å². The van der Waals surface area contributed by atoms with Gasteiger partial charge in [-0.1, -0.05) is 36.8 Å². The number of aromatic nitrogens is 2. The fraction of sp³-hybridized carbons (Fsp3) is 0.421. The van der Waals surface area contributed by atoms with Crippen LogP contribution in [-0.4, -0.2) is 22.1 Å². The third-order valence-electron chi connectivity index (χ3n) is 4.49. The third kappa shape index (κ3) is 3.91. The minimum absolute atomic E-state index is 0.0632. The number of nitrogens with one attached hydrogen (secondary N) is 1. The summed E-state index contributed by atoms with van der Waals surface area (Å²) in [6, 6.07) is 14.4. The third-order valence-corrected chi connectivity index (χ3v) is 4.49. The fourth-order valence-electron chi connectivity index (χ4n) is 2.75. The van der Waals surface area contributed by atoms with Gasteiger partial charge in [0.1, 0.15) is 0 Å². The van der Waals surface area contributed by atoms with E-state index in [1.165, 1.54) is 5.56 Å². The molecule has 0 radical (unpaired) electrons. The number of amides is 1. The normalized spacial score (nSPS) is 14.3. The minimum Gasteiger partial charge on any atom is -0.348 e. The van der Waals surface area contributed by atoms with Gasteiger partial charge in [0.15, 0.2) is 11.6 Å². The van der Waals surface area contributed by atoms with E-state index in [9.17, 15) is 4.79 Å². The molecule has 24 heavy (non-hydrogen) atoms. The molecular formula is C19H24N4O. The molecule has 5 heteroatoms. The molecule has 0 atom stereocenters. The van der Waals surface area contributed by atoms with Crippen LogP contribution in [0.2, 0.25) is 0 Å². The van der Waals surface area contributed by atoms with Crippen LogP contribution in [0.25, 0.3) is 0 Å². The molecule has 0 saturated heterocycles. The maximum Gasteiger partial charge on any atom is 0.228 e. The van der Waals surface area contributed by atoms with Crippen LogP contribution in [0.1, 0.15) is 38.7 Å². The van der Waals surface area contributed by atoms with Crippen LogP contribution >= 0.6 is 0 Å². The summed E-state index contributed by atoms with van der Waals surface area (Å²) in [5.41, 5.74) is 1.23. The molecular weight excluding hydrogens is 300 g/mol. The summed E-state index contributed by atoms with van der Waals surface area (Å²) in [6.45, 7) is 5.05. The maximum absolute atomic E-state index is 12.0. The highest BCUT2D eigenvalue weighted by Gasteiger charge is 2.25. The lowest BCUT2D eigenvalue weighted by Gasteiger charge is -2.27. The molecule has 1 saturated carbocycles. The Morgan fingerprint density at radius 3 is 2.46 bits per heavy atom. The van der Waals surface area contributed by atoms with Crippen molar-refractivity contribution in [2.45, 2.75) is 45.7 Å². The van der Waals surface area contributed by atoms with E-state index in [0.717, 1.165) is 31.6 Å². The second kappa shape index (κ2) is 7.43. The molecule has 0 bridgehead atoms. The predicted octanol–water partition coefficient (Wildman–Crippen LogP) is 3.63. The Kier molecular flexibility index (Phi) is 5.08. The molecule has 126 valence electrons. The largest absolute Gasteiger partial charge is 0.348 e. The van der Waals surface area contributed by atoms with Crippen molar-refractivity contribution in [1.29, 1.82) is 0 Å². The van der Waals surface area contributed by atoms with E-state index in [1.807, 2.05) is 30.3 Å². The van der Waals surface area contributed by atoms with Crippen molar-refractivity contribution in [2.24, 2.45) is 5.92 Å². The van der Waals surface area contributed by atoms with Crippen LogP contribution in [0, 0.1) is 5.92 Å². The molecule has 1 N–H and O–H groups in total. The molecule has 2 aromatic rings. The van der Waals surface area contributed by atoms with Gasteiger partial charge in [0.2, 0.25) is 5.91 Å². The molecule has 0 aliphatic heterocycles. The van der Waals surface area contributed by atoms with Gasteiger partial charge < -0.3 is 10.2 Å². The van der Waals surface area contributed by atoms with Gasteiger partial charge >= 0.3 is 0 Å². The number of anilines is 2. The average molecular weight is 324 g/mol. The molecule has 1 heterocycles. The second-order valence-electron chi connectivity index (χ2n) is 6.60. The summed E-state index contributed by atoms with van der Waals surface area (Å²) in [7, 11) is 0. The lowest BCUT2D eigenvalue weighted by molar-refractivity contribution is -0.122. The predicted molar refractivity (Wildman–Crippen MR) is 95.8 cm³/mol. The van der Waals surface area contributed by atoms with Crippen LogP contribution in [0.3, 0.4) is 0 Å². The molecule has 1 fully saturated rings. The zero-order valence-electron chi connectivity index (χ0n) is 14.3. The lowest BCUT2D eigenvalue weighted by Crippen LogP contribution is -2.31. The number of carbonyl (C=O) groups is 1. The fourth-order valence-corrected chi connectivity index (χ4v) is 2.75. The molecule has 0 spiro atoms. The highest BCUT2D eigenvalue weighted by Crippen LogP contribution is 2.27. The van der Waals surface area contributed by atoms with Crippen LogP contribution < -0.4 is 10.2 Å². The molecule has 1 amide bonds. The Morgan fingerprint density at radius 2 is 1.92 bits per heavy atom. The molecule has 0 unspecified atom stereocenters. The molecule has 1 aliphatic carbocycles. The van der Waals surface area contributed by atoms with Crippen molar-refractivity contribution in [3.63, 3.8) is 0 Å². The van der Waals surface area contributed by atoms with Crippen molar-refractivity contribution in [3.05, 3.63) is 48.0 Å². The quantitative estimate of drug-likeness (QED) is 0.881. The van der Waals surface area contributed by atoms with E-state index < -0.39 is 0 Å². The number of hydrogen-bond acceptors (Lipinski definition) is 4. The van der Waals surface area contributed by atoms with Crippen LogP contribution in [-0.2, 0) is 11.3 Å². The number of rotatable bonds is 6. The SMILES string of the molecule is CC(C)N(Cc1ccccc1)c1ccc(NC(=O)C2CCC2)nn1. The standard InChI is InChI=1S/C19H24N4O/c1-14(2)23(13-15-7-4-3-5-8-15)18-12-11-17(21-22-18)20-19(24)16-9-6-10-16/h3-5,7-8,11-12,14,16H,6,9-10,13H2,1-2H3,(H,20,21,24). The number of hydrogen-bond donors (Lipinski definition) is 1. The minimum atomic E-state index is 0.0632. The van der Waals surface area contributed by atoms with Crippen molar-refractivity contribution in [1.82, 2.24) is 10.2 Å². The van der Waals surface area contributed by atoms with Gasteiger partial charge in [-0.2, -0.15) is 0 Å². The maximum atomic E-state index is 12.0. The summed E-state index contributed by atoms with van der Waals surface area (Å²) in [5, 5.41) is 11.4. The van der Waals surface area contributed by atoms with Gasteiger partial charge in [-0.05, 0) is 44.4 Å². The first-order chi connectivity index (χ1) is 11.6. The first kappa shape index (κ1) is 16.4. The Morgan fingerprint density at radius 1 is 1.17 bits per heavy atom. The van der Waals surface area contributed by atoms with Crippen molar-refractivity contribution in [3.8, 4) is 0 Å². The Balaban J connectivity index is 1.68. The Bertz CT molecular complexity index is 666. The highest BCUT2D eigenvalue weighted by molar-refractivity contribution is 5.92. The average Bonchev–Trinajstić information content (AvgIpc) is 2.52. The lowest BCUT2D eigenvalue weighted by atomic mass is 9.85. The zero-order valence-corrected chi connectivity index (χ0v) is 14.3. The molecule has 1 aliphatic rings. The van der Waals surface area contributed by atoms with Gasteiger partial charge in [-0.15, -0.1) is 10.2 Å². The van der Waals surface area contributed by atoms with Crippen LogP contribution in [0.4, 0.5) is 11.6 Å². The molecule has 1 aromatic heterocycles. The van der Waals surface area contributed by atoms with Crippen molar-refractivity contribution in [2.75, 3.05) is 10.2 Å². The monoisotopic (exact) mass is 324 g/mol. The Labute approximate surface area is 143 Å². The Hall–Kier alpha value is -2.43. The molecule has 1 aromatic carbocycles. The first-order valence-corrected chi connectivity index (χ1v) is 8.58. The van der Waals surface area contributed by atoms with Gasteiger partial charge in [-0.3, -0.25) is 4.79 Å². The number of benzene rings is 1. The van der Waals surface area contributed by atoms with E-state index in [1.54, 1.807) is 0 Å². The summed E-state index contributed by atoms with van der Waals surface area (Å²) in [4.78, 5) is 14.2. The van der Waals surface area contributed by atoms with E-state index in [-0.39, 0.29) is 11.8 Å². The molecule has 3 rings (SSSR count). The van der Waals surface area contributed by atoms with E-state index >= 15 is 0 Å². The first-order valence-electron chi connectivity index (χ1n) is 8.58. The second-order valence-corrected chi connectivity index (χ2v) is 6.60.